The molecule has 0 aliphatic carbocycles. The van der Waals surface area contributed by atoms with Gasteiger partial charge in [-0.2, -0.15) is 0 Å². The standard InChI is InChI=1S/C16H25N3O/c1-4-9-19(10-5-2)16-14(6-3)20-15-11-12(17)7-8-13(15)18-16/h7-8,11,14H,4-6,9-10,17H2,1-3H3. The van der Waals surface area contributed by atoms with E-state index in [0.29, 0.717) is 0 Å². The Balaban J connectivity index is 2.35. The second-order valence-electron chi connectivity index (χ2n) is 5.20. The summed E-state index contributed by atoms with van der Waals surface area (Å²) < 4.78 is 6.10. The molecule has 20 heavy (non-hydrogen) atoms. The minimum Gasteiger partial charge on any atom is -0.480 e. The normalized spacial score (nSPS) is 17.1. The summed E-state index contributed by atoms with van der Waals surface area (Å²) in [6.45, 7) is 8.58. The van der Waals surface area contributed by atoms with Crippen LogP contribution in [0.15, 0.2) is 23.2 Å². The van der Waals surface area contributed by atoms with Gasteiger partial charge in [0.1, 0.15) is 17.3 Å². The van der Waals surface area contributed by atoms with E-state index in [2.05, 4.69) is 25.7 Å². The van der Waals surface area contributed by atoms with Gasteiger partial charge in [-0.3, -0.25) is 0 Å². The van der Waals surface area contributed by atoms with E-state index in [1.54, 1.807) is 0 Å². The van der Waals surface area contributed by atoms with Crippen molar-refractivity contribution in [1.29, 1.82) is 0 Å². The van der Waals surface area contributed by atoms with Gasteiger partial charge in [0.15, 0.2) is 6.10 Å². The molecule has 2 rings (SSSR count). The van der Waals surface area contributed by atoms with Gasteiger partial charge < -0.3 is 15.4 Å². The smallest absolute Gasteiger partial charge is 0.156 e. The van der Waals surface area contributed by atoms with Gasteiger partial charge in [0.25, 0.3) is 0 Å². The summed E-state index contributed by atoms with van der Waals surface area (Å²) in [7, 11) is 0. The largest absolute Gasteiger partial charge is 0.480 e. The highest BCUT2D eigenvalue weighted by molar-refractivity contribution is 5.91. The average molecular weight is 275 g/mol. The number of anilines is 1. The first kappa shape index (κ1) is 14.7. The zero-order valence-electron chi connectivity index (χ0n) is 12.7. The minimum absolute atomic E-state index is 0.0300. The molecule has 0 saturated heterocycles. The Hall–Kier alpha value is -1.71. The molecule has 0 aromatic heterocycles. The summed E-state index contributed by atoms with van der Waals surface area (Å²) >= 11 is 0. The van der Waals surface area contributed by atoms with Crippen molar-refractivity contribution >= 4 is 17.2 Å². The van der Waals surface area contributed by atoms with Crippen LogP contribution in [0.4, 0.5) is 11.4 Å². The molecule has 0 saturated carbocycles. The van der Waals surface area contributed by atoms with E-state index in [1.165, 1.54) is 0 Å². The van der Waals surface area contributed by atoms with Crippen LogP contribution in [0.3, 0.4) is 0 Å². The van der Waals surface area contributed by atoms with Gasteiger partial charge in [0, 0.05) is 24.8 Å². The molecule has 0 bridgehead atoms. The van der Waals surface area contributed by atoms with Crippen LogP contribution in [0.1, 0.15) is 40.0 Å². The van der Waals surface area contributed by atoms with Gasteiger partial charge in [0.2, 0.25) is 0 Å². The quantitative estimate of drug-likeness (QED) is 0.835. The summed E-state index contributed by atoms with van der Waals surface area (Å²) in [6, 6.07) is 5.68. The van der Waals surface area contributed by atoms with E-state index in [4.69, 9.17) is 15.5 Å². The maximum Gasteiger partial charge on any atom is 0.156 e. The van der Waals surface area contributed by atoms with E-state index >= 15 is 0 Å². The lowest BCUT2D eigenvalue weighted by Crippen LogP contribution is -2.43. The first-order valence-corrected chi connectivity index (χ1v) is 7.59. The first-order valence-electron chi connectivity index (χ1n) is 7.59. The fraction of sp³-hybridized carbons (Fsp3) is 0.562. The predicted octanol–water partition coefficient (Wildman–Crippen LogP) is 3.59. The topological polar surface area (TPSA) is 50.8 Å². The number of rotatable bonds is 5. The lowest BCUT2D eigenvalue weighted by atomic mass is 10.1. The van der Waals surface area contributed by atoms with Gasteiger partial charge in [-0.05, 0) is 31.4 Å². The number of hydrogen-bond donors (Lipinski definition) is 1. The molecule has 1 aliphatic heterocycles. The molecule has 4 nitrogen and oxygen atoms in total. The van der Waals surface area contributed by atoms with Crippen LogP contribution in [0.25, 0.3) is 0 Å². The van der Waals surface area contributed by atoms with Crippen molar-refractivity contribution < 1.29 is 4.74 Å². The highest BCUT2D eigenvalue weighted by Crippen LogP contribution is 2.35. The second-order valence-corrected chi connectivity index (χ2v) is 5.20. The molecule has 0 spiro atoms. The molecule has 1 unspecified atom stereocenters. The summed E-state index contributed by atoms with van der Waals surface area (Å²) in [5.41, 5.74) is 7.42. The van der Waals surface area contributed by atoms with Crippen LogP contribution in [0.2, 0.25) is 0 Å². The SMILES string of the molecule is CCCN(CCC)C1=Nc2ccc(N)cc2OC1CC. The molecule has 2 N–H and O–H groups in total. The van der Waals surface area contributed by atoms with Crippen LogP contribution in [-0.4, -0.2) is 29.9 Å². The molecule has 1 aromatic rings. The van der Waals surface area contributed by atoms with E-state index < -0.39 is 0 Å². The van der Waals surface area contributed by atoms with Gasteiger partial charge in [0.05, 0.1) is 0 Å². The third-order valence-corrected chi connectivity index (χ3v) is 3.46. The molecule has 0 amide bonds. The van der Waals surface area contributed by atoms with Gasteiger partial charge in [-0.15, -0.1) is 0 Å². The number of hydrogen-bond acceptors (Lipinski definition) is 4. The predicted molar refractivity (Wildman–Crippen MR) is 84.8 cm³/mol. The Bertz CT molecular complexity index is 479. The van der Waals surface area contributed by atoms with Crippen LogP contribution in [0.5, 0.6) is 5.75 Å². The molecule has 1 aromatic carbocycles. The van der Waals surface area contributed by atoms with Crippen molar-refractivity contribution in [1.82, 2.24) is 4.90 Å². The Labute approximate surface area is 121 Å². The van der Waals surface area contributed by atoms with Gasteiger partial charge in [-0.25, -0.2) is 4.99 Å². The molecule has 110 valence electrons. The number of fused-ring (bicyclic) bond motifs is 1. The summed E-state index contributed by atoms with van der Waals surface area (Å²) in [5, 5.41) is 0. The van der Waals surface area contributed by atoms with E-state index in [-0.39, 0.29) is 6.10 Å². The first-order chi connectivity index (χ1) is 9.69. The highest BCUT2D eigenvalue weighted by atomic mass is 16.5. The van der Waals surface area contributed by atoms with E-state index in [0.717, 1.165) is 55.3 Å². The number of amidine groups is 1. The fourth-order valence-corrected chi connectivity index (χ4v) is 2.54. The summed E-state index contributed by atoms with van der Waals surface area (Å²) in [4.78, 5) is 7.19. The number of benzene rings is 1. The van der Waals surface area contributed by atoms with Crippen molar-refractivity contribution in [2.45, 2.75) is 46.1 Å². The zero-order chi connectivity index (χ0) is 14.5. The van der Waals surface area contributed by atoms with Gasteiger partial charge >= 0.3 is 0 Å². The highest BCUT2D eigenvalue weighted by Gasteiger charge is 2.26. The minimum atomic E-state index is 0.0300. The zero-order valence-corrected chi connectivity index (χ0v) is 12.7. The Morgan fingerprint density at radius 3 is 2.50 bits per heavy atom. The molecular weight excluding hydrogens is 250 g/mol. The average Bonchev–Trinajstić information content (AvgIpc) is 2.45. The van der Waals surface area contributed by atoms with Crippen LogP contribution >= 0.6 is 0 Å². The number of nitrogens with zero attached hydrogens (tertiary/aromatic N) is 2. The van der Waals surface area contributed by atoms with Crippen LogP contribution in [0, 0.1) is 0 Å². The molecule has 0 fully saturated rings. The van der Waals surface area contributed by atoms with Crippen LogP contribution < -0.4 is 10.5 Å². The molecule has 1 heterocycles. The Morgan fingerprint density at radius 2 is 1.90 bits per heavy atom. The van der Waals surface area contributed by atoms with Crippen molar-refractivity contribution in [3.63, 3.8) is 0 Å². The number of aliphatic imine (C=N–C) groups is 1. The van der Waals surface area contributed by atoms with Crippen molar-refractivity contribution in [3.8, 4) is 5.75 Å². The van der Waals surface area contributed by atoms with Crippen molar-refractivity contribution in [2.24, 2.45) is 4.99 Å². The van der Waals surface area contributed by atoms with Crippen molar-refractivity contribution in [2.75, 3.05) is 18.8 Å². The molecule has 4 heteroatoms. The maximum absolute atomic E-state index is 6.10. The molecule has 1 aliphatic rings. The lowest BCUT2D eigenvalue weighted by Gasteiger charge is -2.33. The van der Waals surface area contributed by atoms with Crippen LogP contribution in [-0.2, 0) is 0 Å². The Kier molecular flexibility index (Phi) is 4.88. The Morgan fingerprint density at radius 1 is 1.20 bits per heavy atom. The fourth-order valence-electron chi connectivity index (χ4n) is 2.54. The number of nitrogens with two attached hydrogens (primary N) is 1. The summed E-state index contributed by atoms with van der Waals surface area (Å²) in [5.74, 6) is 1.86. The molecular formula is C16H25N3O. The summed E-state index contributed by atoms with van der Waals surface area (Å²) in [6.07, 6.45) is 3.17. The molecule has 0 radical (unpaired) electrons. The lowest BCUT2D eigenvalue weighted by molar-refractivity contribution is 0.232. The second kappa shape index (κ2) is 6.64. The number of ether oxygens (including phenoxy) is 1. The third-order valence-electron chi connectivity index (χ3n) is 3.46. The maximum atomic E-state index is 6.10. The van der Waals surface area contributed by atoms with Gasteiger partial charge in [-0.1, -0.05) is 20.8 Å². The monoisotopic (exact) mass is 275 g/mol. The molecule has 1 atom stereocenters. The van der Waals surface area contributed by atoms with Crippen molar-refractivity contribution in [3.05, 3.63) is 18.2 Å². The van der Waals surface area contributed by atoms with E-state index in [9.17, 15) is 0 Å². The third kappa shape index (κ3) is 3.06. The van der Waals surface area contributed by atoms with E-state index in [1.807, 2.05) is 18.2 Å². The number of nitrogen functional groups attached to an aromatic ring is 1.